The Kier molecular flexibility index (Phi) is 9.34. The summed E-state index contributed by atoms with van der Waals surface area (Å²) in [4.78, 5) is 23.5. The average Bonchev–Trinajstić information content (AvgIpc) is 3.22. The number of benzene rings is 1. The number of rotatable bonds is 3. The van der Waals surface area contributed by atoms with Gasteiger partial charge in [0.2, 0.25) is 0 Å². The van der Waals surface area contributed by atoms with E-state index in [4.69, 9.17) is 15.6 Å². The molecule has 0 unspecified atom stereocenters. The second kappa shape index (κ2) is 11.5. The Labute approximate surface area is 151 Å². The van der Waals surface area contributed by atoms with Gasteiger partial charge in [0.15, 0.2) is 0 Å². The third-order valence-corrected chi connectivity index (χ3v) is 3.40. The lowest BCUT2D eigenvalue weighted by molar-refractivity contribution is -0.126. The lowest BCUT2D eigenvalue weighted by atomic mass is 10.0. The van der Waals surface area contributed by atoms with E-state index in [-0.39, 0.29) is 11.4 Å². The number of nitrogens with zero attached hydrogens (tertiary/aromatic N) is 1. The number of carbonyl (C=O) groups excluding carboxylic acids is 1. The molecule has 0 saturated carbocycles. The van der Waals surface area contributed by atoms with Crippen molar-refractivity contribution in [3.8, 4) is 11.1 Å². The minimum Gasteiger partial charge on any atom is -0.478 e. The van der Waals surface area contributed by atoms with Crippen LogP contribution in [-0.2, 0) is 9.53 Å². The third kappa shape index (κ3) is 6.86. The number of halogens is 1. The van der Waals surface area contributed by atoms with Gasteiger partial charge in [-0.15, -0.1) is 0 Å². The van der Waals surface area contributed by atoms with Gasteiger partial charge in [-0.1, -0.05) is 6.07 Å². The van der Waals surface area contributed by atoms with Crippen molar-refractivity contribution < 1.29 is 23.8 Å². The molecule has 8 heteroatoms. The monoisotopic (exact) mass is 363 g/mol. The molecule has 3 rings (SSSR count). The maximum atomic E-state index is 13.5. The van der Waals surface area contributed by atoms with Crippen molar-refractivity contribution in [2.75, 3.05) is 25.9 Å². The molecule has 1 aliphatic heterocycles. The van der Waals surface area contributed by atoms with Gasteiger partial charge < -0.3 is 20.9 Å². The summed E-state index contributed by atoms with van der Waals surface area (Å²) in [5, 5.41) is 11.9. The van der Waals surface area contributed by atoms with Crippen LogP contribution in [0.4, 0.5) is 10.2 Å². The Morgan fingerprint density at radius 2 is 2.00 bits per heavy atom. The van der Waals surface area contributed by atoms with Crippen LogP contribution >= 0.6 is 0 Å². The zero-order valence-corrected chi connectivity index (χ0v) is 14.4. The standard InChI is InChI=1S/C12H9FN2O2.C4H9N.C2H4O2/c13-10-6-7(3-4-9(10)12(16)17)8-2-1-5-15-11(8)14;1-2-4-5-3-1;1-4-2-3/h1-6H,(H2,14,15)(H,16,17);5H,1-4H2;2H,1H3. The Morgan fingerprint density at radius 1 is 1.35 bits per heavy atom. The normalized spacial score (nSPS) is 12.1. The van der Waals surface area contributed by atoms with Gasteiger partial charge in [0, 0.05) is 11.8 Å². The van der Waals surface area contributed by atoms with Gasteiger partial charge in [-0.05, 0) is 55.8 Å². The maximum absolute atomic E-state index is 13.5. The molecule has 2 aromatic rings. The molecule has 1 aromatic carbocycles. The number of methoxy groups -OCH3 is 1. The number of aromatic nitrogens is 1. The van der Waals surface area contributed by atoms with Gasteiger partial charge in [-0.3, -0.25) is 4.79 Å². The van der Waals surface area contributed by atoms with E-state index in [1.165, 1.54) is 51.4 Å². The van der Waals surface area contributed by atoms with Crippen molar-refractivity contribution >= 4 is 18.3 Å². The van der Waals surface area contributed by atoms with Crippen LogP contribution in [0.3, 0.4) is 0 Å². The van der Waals surface area contributed by atoms with E-state index >= 15 is 0 Å². The first-order valence-corrected chi connectivity index (χ1v) is 7.92. The van der Waals surface area contributed by atoms with Gasteiger partial charge in [-0.25, -0.2) is 14.2 Å². The quantitative estimate of drug-likeness (QED) is 0.717. The first-order chi connectivity index (χ1) is 12.5. The number of carbonyl (C=O) groups is 2. The molecule has 1 aliphatic rings. The smallest absolute Gasteiger partial charge is 0.338 e. The lowest BCUT2D eigenvalue weighted by Gasteiger charge is -2.05. The number of nitrogens with one attached hydrogen (secondary N) is 1. The van der Waals surface area contributed by atoms with Gasteiger partial charge in [-0.2, -0.15) is 0 Å². The van der Waals surface area contributed by atoms with Crippen LogP contribution in [0.15, 0.2) is 36.5 Å². The largest absolute Gasteiger partial charge is 0.478 e. The molecule has 140 valence electrons. The highest BCUT2D eigenvalue weighted by Gasteiger charge is 2.12. The van der Waals surface area contributed by atoms with E-state index in [9.17, 15) is 9.18 Å². The number of hydrogen-bond acceptors (Lipinski definition) is 6. The summed E-state index contributed by atoms with van der Waals surface area (Å²) in [6, 6.07) is 7.21. The minimum atomic E-state index is -1.30. The van der Waals surface area contributed by atoms with Crippen molar-refractivity contribution in [2.24, 2.45) is 0 Å². The van der Waals surface area contributed by atoms with E-state index in [0.717, 1.165) is 6.07 Å². The number of nitrogens with two attached hydrogens (primary N) is 1. The first-order valence-electron chi connectivity index (χ1n) is 7.92. The average molecular weight is 363 g/mol. The summed E-state index contributed by atoms with van der Waals surface area (Å²) < 4.78 is 17.3. The minimum absolute atomic E-state index is 0.273. The van der Waals surface area contributed by atoms with Gasteiger partial charge in [0.05, 0.1) is 12.7 Å². The summed E-state index contributed by atoms with van der Waals surface area (Å²) in [6.07, 6.45) is 4.31. The molecule has 1 aromatic heterocycles. The highest BCUT2D eigenvalue weighted by Crippen LogP contribution is 2.25. The molecular formula is C18H22FN3O4. The highest BCUT2D eigenvalue weighted by atomic mass is 19.1. The van der Waals surface area contributed by atoms with E-state index in [0.29, 0.717) is 17.6 Å². The van der Waals surface area contributed by atoms with E-state index < -0.39 is 11.8 Å². The zero-order valence-electron chi connectivity index (χ0n) is 14.4. The molecule has 0 atom stereocenters. The third-order valence-electron chi connectivity index (χ3n) is 3.40. The molecule has 0 aliphatic carbocycles. The predicted molar refractivity (Wildman–Crippen MR) is 96.2 cm³/mol. The maximum Gasteiger partial charge on any atom is 0.338 e. The summed E-state index contributed by atoms with van der Waals surface area (Å²) in [7, 11) is 1.31. The van der Waals surface area contributed by atoms with E-state index in [2.05, 4.69) is 15.0 Å². The number of hydrogen-bond donors (Lipinski definition) is 3. The Bertz CT molecular complexity index is 714. The summed E-state index contributed by atoms with van der Waals surface area (Å²) >= 11 is 0. The van der Waals surface area contributed by atoms with Crippen molar-refractivity contribution in [3.05, 3.63) is 47.9 Å². The fourth-order valence-corrected chi connectivity index (χ4v) is 2.14. The van der Waals surface area contributed by atoms with Crippen LogP contribution in [0.25, 0.3) is 11.1 Å². The second-order valence-corrected chi connectivity index (χ2v) is 5.23. The highest BCUT2D eigenvalue weighted by molar-refractivity contribution is 5.89. The topological polar surface area (TPSA) is 115 Å². The summed E-state index contributed by atoms with van der Waals surface area (Å²) in [5.74, 6) is -1.82. The number of aromatic carboxylic acids is 1. The number of pyridine rings is 1. The predicted octanol–water partition coefficient (Wildman–Crippen LogP) is 2.33. The second-order valence-electron chi connectivity index (χ2n) is 5.23. The van der Waals surface area contributed by atoms with Crippen LogP contribution in [0, 0.1) is 5.82 Å². The number of carboxylic acid groups (broad SMARTS) is 1. The molecule has 1 saturated heterocycles. The Morgan fingerprint density at radius 3 is 2.42 bits per heavy atom. The molecule has 26 heavy (non-hydrogen) atoms. The van der Waals surface area contributed by atoms with E-state index in [1.54, 1.807) is 12.1 Å². The molecule has 2 heterocycles. The van der Waals surface area contributed by atoms with Crippen LogP contribution in [0.1, 0.15) is 23.2 Å². The molecule has 0 spiro atoms. The molecule has 1 fully saturated rings. The van der Waals surface area contributed by atoms with Crippen molar-refractivity contribution in [2.45, 2.75) is 12.8 Å². The fraction of sp³-hybridized carbons (Fsp3) is 0.278. The Hall–Kier alpha value is -3.00. The molecule has 0 amide bonds. The van der Waals surface area contributed by atoms with Crippen LogP contribution in [0.2, 0.25) is 0 Å². The van der Waals surface area contributed by atoms with E-state index in [1.807, 2.05) is 0 Å². The summed E-state index contributed by atoms with van der Waals surface area (Å²) in [6.45, 7) is 2.88. The van der Waals surface area contributed by atoms with Gasteiger partial charge >= 0.3 is 5.97 Å². The molecule has 4 N–H and O–H groups in total. The number of anilines is 1. The fourth-order valence-electron chi connectivity index (χ4n) is 2.14. The van der Waals surface area contributed by atoms with Crippen LogP contribution in [-0.4, -0.2) is 42.7 Å². The van der Waals surface area contributed by atoms with Gasteiger partial charge in [0.1, 0.15) is 11.6 Å². The molecule has 0 bridgehead atoms. The molecule has 7 nitrogen and oxygen atoms in total. The summed E-state index contributed by atoms with van der Waals surface area (Å²) in [5.41, 5.74) is 6.36. The Balaban J connectivity index is 0.000000309. The molecular weight excluding hydrogens is 341 g/mol. The van der Waals surface area contributed by atoms with Crippen LogP contribution in [0.5, 0.6) is 0 Å². The van der Waals surface area contributed by atoms with Gasteiger partial charge in [0.25, 0.3) is 6.47 Å². The van der Waals surface area contributed by atoms with Crippen molar-refractivity contribution in [3.63, 3.8) is 0 Å². The van der Waals surface area contributed by atoms with Crippen molar-refractivity contribution in [1.29, 1.82) is 0 Å². The van der Waals surface area contributed by atoms with Crippen molar-refractivity contribution in [1.82, 2.24) is 10.3 Å². The SMILES string of the molecule is C1CCNC1.COC=O.Nc1ncccc1-c1ccc(C(=O)O)c(F)c1. The number of carboxylic acids is 1. The number of nitrogen functional groups attached to an aromatic ring is 1. The van der Waals surface area contributed by atoms with Crippen LogP contribution < -0.4 is 11.1 Å². The first kappa shape index (κ1) is 21.0. The zero-order chi connectivity index (χ0) is 19.4. The lowest BCUT2D eigenvalue weighted by Crippen LogP contribution is -2.03. The molecule has 0 radical (unpaired) electrons. The number of ether oxygens (including phenoxy) is 1.